The van der Waals surface area contributed by atoms with Gasteiger partial charge in [-0.2, -0.15) is 0 Å². The Bertz CT molecular complexity index is 734. The van der Waals surface area contributed by atoms with Crippen LogP contribution < -0.4 is 4.90 Å². The fourth-order valence-electron chi connectivity index (χ4n) is 4.51. The van der Waals surface area contributed by atoms with Crippen LogP contribution in [0.4, 0.5) is 5.69 Å². The molecular formula is C22H27N3O. The molecule has 4 nitrogen and oxygen atoms in total. The quantitative estimate of drug-likeness (QED) is 0.828. The Hall–Kier alpha value is -2.36. The van der Waals surface area contributed by atoms with Gasteiger partial charge in [-0.1, -0.05) is 30.3 Å². The Labute approximate surface area is 155 Å². The Morgan fingerprint density at radius 3 is 2.62 bits per heavy atom. The van der Waals surface area contributed by atoms with Crippen LogP contribution in [-0.4, -0.2) is 42.0 Å². The Balaban J connectivity index is 1.37. The molecule has 2 fully saturated rings. The molecule has 4 rings (SSSR count). The lowest BCUT2D eigenvalue weighted by Gasteiger charge is -2.39. The van der Waals surface area contributed by atoms with Gasteiger partial charge in [0.25, 0.3) is 0 Å². The summed E-state index contributed by atoms with van der Waals surface area (Å²) in [5, 5.41) is 0. The van der Waals surface area contributed by atoms with E-state index in [1.54, 1.807) is 0 Å². The average Bonchev–Trinajstić information content (AvgIpc) is 3.12. The van der Waals surface area contributed by atoms with E-state index >= 15 is 0 Å². The summed E-state index contributed by atoms with van der Waals surface area (Å²) in [5.74, 6) is 0.383. The minimum atomic E-state index is -0.172. The maximum absolute atomic E-state index is 13.3. The number of anilines is 1. The number of hydrogen-bond acceptors (Lipinski definition) is 3. The van der Waals surface area contributed by atoms with E-state index in [9.17, 15) is 4.79 Å². The standard InChI is InChI=1S/C22H27N3O/c26-21-22(12-17-25(18-22)20-9-13-23-14-10-20)11-5-16-24(21)15-4-8-19-6-2-1-3-7-19/h1-3,6-7,9-10,13-14H,4-5,8,11-12,15-18H2. The van der Waals surface area contributed by atoms with Crippen LogP contribution >= 0.6 is 0 Å². The zero-order chi connectivity index (χ0) is 17.8. The predicted octanol–water partition coefficient (Wildman–Crippen LogP) is 3.53. The molecule has 0 aliphatic carbocycles. The van der Waals surface area contributed by atoms with Gasteiger partial charge in [0.1, 0.15) is 0 Å². The average molecular weight is 349 g/mol. The van der Waals surface area contributed by atoms with Gasteiger partial charge >= 0.3 is 0 Å². The third-order valence-electron chi connectivity index (χ3n) is 5.94. The van der Waals surface area contributed by atoms with Crippen LogP contribution in [0.1, 0.15) is 31.2 Å². The van der Waals surface area contributed by atoms with Crippen molar-refractivity contribution in [1.29, 1.82) is 0 Å². The molecule has 2 aliphatic rings. The molecule has 2 aromatic rings. The van der Waals surface area contributed by atoms with E-state index in [0.29, 0.717) is 5.91 Å². The van der Waals surface area contributed by atoms with E-state index in [0.717, 1.165) is 58.3 Å². The van der Waals surface area contributed by atoms with Crippen molar-refractivity contribution < 1.29 is 4.79 Å². The first kappa shape index (κ1) is 17.1. The van der Waals surface area contributed by atoms with Crippen LogP contribution in [0.3, 0.4) is 0 Å². The highest BCUT2D eigenvalue weighted by Crippen LogP contribution is 2.41. The highest BCUT2D eigenvalue weighted by Gasteiger charge is 2.48. The molecule has 1 spiro atoms. The summed E-state index contributed by atoms with van der Waals surface area (Å²) in [6, 6.07) is 14.7. The number of carbonyl (C=O) groups excluding carboxylic acids is 1. The third-order valence-corrected chi connectivity index (χ3v) is 5.94. The van der Waals surface area contributed by atoms with E-state index in [1.807, 2.05) is 24.5 Å². The number of aryl methyl sites for hydroxylation is 1. The van der Waals surface area contributed by atoms with Gasteiger partial charge in [-0.25, -0.2) is 0 Å². The summed E-state index contributed by atoms with van der Waals surface area (Å²) < 4.78 is 0. The Kier molecular flexibility index (Phi) is 4.91. The summed E-state index contributed by atoms with van der Waals surface area (Å²) in [6.07, 6.45) is 8.88. The van der Waals surface area contributed by atoms with Crippen molar-refractivity contribution in [3.8, 4) is 0 Å². The van der Waals surface area contributed by atoms with Gasteiger partial charge in [0.05, 0.1) is 5.41 Å². The summed E-state index contributed by atoms with van der Waals surface area (Å²) in [5.41, 5.74) is 2.37. The second-order valence-corrected chi connectivity index (χ2v) is 7.64. The smallest absolute Gasteiger partial charge is 0.230 e. The summed E-state index contributed by atoms with van der Waals surface area (Å²) >= 11 is 0. The number of carbonyl (C=O) groups is 1. The van der Waals surface area contributed by atoms with E-state index in [4.69, 9.17) is 0 Å². The van der Waals surface area contributed by atoms with Crippen molar-refractivity contribution in [3.63, 3.8) is 0 Å². The van der Waals surface area contributed by atoms with Crippen molar-refractivity contribution in [2.45, 2.75) is 32.1 Å². The molecule has 1 unspecified atom stereocenters. The monoisotopic (exact) mass is 349 g/mol. The third kappa shape index (κ3) is 3.46. The molecule has 3 heterocycles. The van der Waals surface area contributed by atoms with Crippen molar-refractivity contribution in [3.05, 3.63) is 60.4 Å². The molecule has 0 saturated carbocycles. The molecule has 26 heavy (non-hydrogen) atoms. The van der Waals surface area contributed by atoms with Gasteiger partial charge in [0, 0.05) is 44.3 Å². The molecule has 0 radical (unpaired) electrons. The zero-order valence-corrected chi connectivity index (χ0v) is 15.3. The number of aromatic nitrogens is 1. The van der Waals surface area contributed by atoms with E-state index < -0.39 is 0 Å². The first-order chi connectivity index (χ1) is 12.8. The number of amides is 1. The number of rotatable bonds is 5. The second kappa shape index (κ2) is 7.48. The van der Waals surface area contributed by atoms with Crippen LogP contribution in [0, 0.1) is 5.41 Å². The normalized spacial score (nSPS) is 23.0. The van der Waals surface area contributed by atoms with Crippen molar-refractivity contribution in [2.24, 2.45) is 5.41 Å². The Morgan fingerprint density at radius 1 is 1.00 bits per heavy atom. The molecule has 1 aromatic heterocycles. The van der Waals surface area contributed by atoms with E-state index in [-0.39, 0.29) is 5.41 Å². The molecule has 1 amide bonds. The molecule has 1 atom stereocenters. The molecule has 2 saturated heterocycles. The molecule has 4 heteroatoms. The van der Waals surface area contributed by atoms with Crippen molar-refractivity contribution >= 4 is 11.6 Å². The topological polar surface area (TPSA) is 36.4 Å². The molecular weight excluding hydrogens is 322 g/mol. The SMILES string of the molecule is O=C1N(CCCc2ccccc2)CCCC12CCN(c1ccncc1)C2. The lowest BCUT2D eigenvalue weighted by molar-refractivity contribution is -0.145. The molecule has 0 bridgehead atoms. The molecule has 2 aliphatic heterocycles. The number of likely N-dealkylation sites (tertiary alicyclic amines) is 1. The van der Waals surface area contributed by atoms with Crippen molar-refractivity contribution in [1.82, 2.24) is 9.88 Å². The summed E-state index contributed by atoms with van der Waals surface area (Å²) in [6.45, 7) is 3.62. The molecule has 1 aromatic carbocycles. The lowest BCUT2D eigenvalue weighted by atomic mass is 9.78. The van der Waals surface area contributed by atoms with E-state index in [1.165, 1.54) is 11.3 Å². The lowest BCUT2D eigenvalue weighted by Crippen LogP contribution is -2.50. The van der Waals surface area contributed by atoms with Crippen molar-refractivity contribution in [2.75, 3.05) is 31.1 Å². The number of benzene rings is 1. The predicted molar refractivity (Wildman–Crippen MR) is 104 cm³/mol. The first-order valence-electron chi connectivity index (χ1n) is 9.75. The molecule has 0 N–H and O–H groups in total. The van der Waals surface area contributed by atoms with Gasteiger partial charge < -0.3 is 9.80 Å². The van der Waals surface area contributed by atoms with Crippen LogP contribution in [0.25, 0.3) is 0 Å². The maximum atomic E-state index is 13.3. The van der Waals surface area contributed by atoms with Gasteiger partial charge in [-0.15, -0.1) is 0 Å². The van der Waals surface area contributed by atoms with Gasteiger partial charge in [-0.05, 0) is 49.8 Å². The zero-order valence-electron chi connectivity index (χ0n) is 15.3. The van der Waals surface area contributed by atoms with E-state index in [2.05, 4.69) is 45.1 Å². The number of pyridine rings is 1. The van der Waals surface area contributed by atoms with Gasteiger partial charge in [0.15, 0.2) is 0 Å². The van der Waals surface area contributed by atoms with Crippen LogP contribution in [-0.2, 0) is 11.2 Å². The van der Waals surface area contributed by atoms with Gasteiger partial charge in [0.2, 0.25) is 5.91 Å². The second-order valence-electron chi connectivity index (χ2n) is 7.64. The number of piperidine rings is 1. The largest absolute Gasteiger partial charge is 0.370 e. The highest BCUT2D eigenvalue weighted by molar-refractivity contribution is 5.85. The Morgan fingerprint density at radius 2 is 1.81 bits per heavy atom. The first-order valence-corrected chi connectivity index (χ1v) is 9.75. The van der Waals surface area contributed by atoms with Gasteiger partial charge in [-0.3, -0.25) is 9.78 Å². The number of nitrogens with zero attached hydrogens (tertiary/aromatic N) is 3. The van der Waals surface area contributed by atoms with Crippen LogP contribution in [0.2, 0.25) is 0 Å². The number of hydrogen-bond donors (Lipinski definition) is 0. The minimum Gasteiger partial charge on any atom is -0.370 e. The minimum absolute atomic E-state index is 0.172. The fourth-order valence-corrected chi connectivity index (χ4v) is 4.51. The summed E-state index contributed by atoms with van der Waals surface area (Å²) in [7, 11) is 0. The van der Waals surface area contributed by atoms with Crippen LogP contribution in [0.5, 0.6) is 0 Å². The highest BCUT2D eigenvalue weighted by atomic mass is 16.2. The fraction of sp³-hybridized carbons (Fsp3) is 0.455. The summed E-state index contributed by atoms with van der Waals surface area (Å²) in [4.78, 5) is 21.8. The molecule has 136 valence electrons. The van der Waals surface area contributed by atoms with Crippen LogP contribution in [0.15, 0.2) is 54.9 Å². The maximum Gasteiger partial charge on any atom is 0.230 e.